The molecule has 0 unspecified atom stereocenters. The Morgan fingerprint density at radius 2 is 1.89 bits per heavy atom. The second-order valence-electron chi connectivity index (χ2n) is 3.61. The van der Waals surface area contributed by atoms with E-state index in [0.29, 0.717) is 18.2 Å². The molecular formula is C10H11F4NO2S. The average molecular weight is 285 g/mol. The van der Waals surface area contributed by atoms with Crippen LogP contribution in [0.4, 0.5) is 23.2 Å². The van der Waals surface area contributed by atoms with Crippen LogP contribution < -0.4 is 4.72 Å². The fourth-order valence-corrected chi connectivity index (χ4v) is 2.40. The van der Waals surface area contributed by atoms with Crippen LogP contribution in [0.5, 0.6) is 0 Å². The van der Waals surface area contributed by atoms with Gasteiger partial charge in [-0.2, -0.15) is 13.2 Å². The second kappa shape index (κ2) is 5.13. The second-order valence-corrected chi connectivity index (χ2v) is 5.46. The minimum Gasteiger partial charge on any atom is -0.281 e. The van der Waals surface area contributed by atoms with E-state index in [-0.39, 0.29) is 12.2 Å². The highest BCUT2D eigenvalue weighted by atomic mass is 32.2. The zero-order valence-electron chi connectivity index (χ0n) is 9.38. The molecule has 0 atom stereocenters. The summed E-state index contributed by atoms with van der Waals surface area (Å²) in [6.07, 6.45) is -4.38. The molecule has 0 aliphatic carbocycles. The molecule has 0 bridgehead atoms. The maximum absolute atomic E-state index is 13.2. The van der Waals surface area contributed by atoms with E-state index < -0.39 is 33.3 Å². The number of benzene rings is 1. The molecule has 0 spiro atoms. The number of anilines is 1. The quantitative estimate of drug-likeness (QED) is 0.864. The van der Waals surface area contributed by atoms with Gasteiger partial charge >= 0.3 is 6.18 Å². The van der Waals surface area contributed by atoms with Crippen LogP contribution in [-0.4, -0.2) is 14.2 Å². The van der Waals surface area contributed by atoms with E-state index in [9.17, 15) is 26.0 Å². The topological polar surface area (TPSA) is 46.2 Å². The molecule has 3 nitrogen and oxygen atoms in total. The summed E-state index contributed by atoms with van der Waals surface area (Å²) in [6, 6.07) is 1.56. The lowest BCUT2D eigenvalue weighted by molar-refractivity contribution is -0.137. The average Bonchev–Trinajstić information content (AvgIpc) is 2.19. The van der Waals surface area contributed by atoms with Gasteiger partial charge < -0.3 is 0 Å². The van der Waals surface area contributed by atoms with Gasteiger partial charge in [-0.3, -0.25) is 4.72 Å². The molecule has 0 amide bonds. The van der Waals surface area contributed by atoms with E-state index in [0.717, 1.165) is 0 Å². The van der Waals surface area contributed by atoms with Crippen molar-refractivity contribution in [3.8, 4) is 0 Å². The molecule has 1 N–H and O–H groups in total. The summed E-state index contributed by atoms with van der Waals surface area (Å²) < 4.78 is 74.9. The molecule has 0 saturated heterocycles. The zero-order valence-corrected chi connectivity index (χ0v) is 10.2. The summed E-state index contributed by atoms with van der Waals surface area (Å²) in [5, 5.41) is 0. The van der Waals surface area contributed by atoms with Crippen LogP contribution in [0.3, 0.4) is 0 Å². The van der Waals surface area contributed by atoms with Crippen molar-refractivity contribution in [3.63, 3.8) is 0 Å². The van der Waals surface area contributed by atoms with Crippen LogP contribution in [0.2, 0.25) is 0 Å². The first-order valence-corrected chi connectivity index (χ1v) is 6.68. The molecule has 102 valence electrons. The van der Waals surface area contributed by atoms with Crippen molar-refractivity contribution in [1.29, 1.82) is 0 Å². The fraction of sp³-hybridized carbons (Fsp3) is 0.400. The molecule has 0 aliphatic heterocycles. The number of alkyl halides is 3. The molecular weight excluding hydrogens is 274 g/mol. The number of rotatable bonds is 4. The van der Waals surface area contributed by atoms with Crippen molar-refractivity contribution in [2.24, 2.45) is 0 Å². The van der Waals surface area contributed by atoms with Crippen molar-refractivity contribution in [1.82, 2.24) is 0 Å². The molecule has 1 aromatic carbocycles. The van der Waals surface area contributed by atoms with Crippen molar-refractivity contribution in [2.75, 3.05) is 10.5 Å². The van der Waals surface area contributed by atoms with Crippen molar-refractivity contribution >= 4 is 15.7 Å². The highest BCUT2D eigenvalue weighted by Crippen LogP contribution is 2.32. The SMILES string of the molecule is CCCS(=O)(=O)Nc1cc(C(F)(F)F)ccc1F. The molecule has 1 rings (SSSR count). The summed E-state index contributed by atoms with van der Waals surface area (Å²) in [6.45, 7) is 1.59. The van der Waals surface area contributed by atoms with Crippen LogP contribution in [0, 0.1) is 5.82 Å². The third kappa shape index (κ3) is 3.86. The highest BCUT2D eigenvalue weighted by Gasteiger charge is 2.31. The Hall–Kier alpha value is -1.31. The maximum Gasteiger partial charge on any atom is 0.416 e. The van der Waals surface area contributed by atoms with Gasteiger partial charge in [-0.1, -0.05) is 6.92 Å². The van der Waals surface area contributed by atoms with Crippen LogP contribution in [0.25, 0.3) is 0 Å². The molecule has 8 heteroatoms. The normalized spacial score (nSPS) is 12.5. The van der Waals surface area contributed by atoms with Crippen LogP contribution >= 0.6 is 0 Å². The molecule has 18 heavy (non-hydrogen) atoms. The number of nitrogens with one attached hydrogen (secondary N) is 1. The molecule has 0 fully saturated rings. The van der Waals surface area contributed by atoms with E-state index in [1.165, 1.54) is 0 Å². The Morgan fingerprint density at radius 3 is 2.39 bits per heavy atom. The van der Waals surface area contributed by atoms with Crippen LogP contribution in [-0.2, 0) is 16.2 Å². The van der Waals surface area contributed by atoms with Crippen molar-refractivity contribution < 1.29 is 26.0 Å². The van der Waals surface area contributed by atoms with E-state index in [2.05, 4.69) is 0 Å². The van der Waals surface area contributed by atoms with Gasteiger partial charge in [-0.15, -0.1) is 0 Å². The first kappa shape index (κ1) is 14.7. The van der Waals surface area contributed by atoms with Gasteiger partial charge in [-0.25, -0.2) is 12.8 Å². The predicted octanol–water partition coefficient (Wildman–Crippen LogP) is 3.00. The summed E-state index contributed by atoms with van der Waals surface area (Å²) >= 11 is 0. The summed E-state index contributed by atoms with van der Waals surface area (Å²) in [4.78, 5) is 0. The molecule has 0 aliphatic rings. The van der Waals surface area contributed by atoms with E-state index in [1.54, 1.807) is 11.6 Å². The largest absolute Gasteiger partial charge is 0.416 e. The number of hydrogen-bond acceptors (Lipinski definition) is 2. The smallest absolute Gasteiger partial charge is 0.281 e. The lowest BCUT2D eigenvalue weighted by Crippen LogP contribution is -2.17. The van der Waals surface area contributed by atoms with Crippen molar-refractivity contribution in [2.45, 2.75) is 19.5 Å². The summed E-state index contributed by atoms with van der Waals surface area (Å²) in [5.74, 6) is -1.34. The van der Waals surface area contributed by atoms with Gasteiger partial charge in [0.25, 0.3) is 0 Å². The standard InChI is InChI=1S/C10H11F4NO2S/c1-2-5-18(16,17)15-9-6-7(10(12,13)14)3-4-8(9)11/h3-4,6,15H,2,5H2,1H3. The summed E-state index contributed by atoms with van der Waals surface area (Å²) in [5.41, 5.74) is -1.81. The maximum atomic E-state index is 13.2. The van der Waals surface area contributed by atoms with E-state index >= 15 is 0 Å². The molecule has 0 heterocycles. The number of sulfonamides is 1. The summed E-state index contributed by atoms with van der Waals surface area (Å²) in [7, 11) is -3.83. The zero-order chi connectivity index (χ0) is 14.0. The lowest BCUT2D eigenvalue weighted by atomic mass is 10.2. The Labute approximate surface area is 102 Å². The number of halogens is 4. The van der Waals surface area contributed by atoms with Crippen molar-refractivity contribution in [3.05, 3.63) is 29.6 Å². The van der Waals surface area contributed by atoms with Gasteiger partial charge in [0.2, 0.25) is 10.0 Å². The Bertz CT molecular complexity index is 525. The third-order valence-electron chi connectivity index (χ3n) is 2.03. The van der Waals surface area contributed by atoms with Gasteiger partial charge in [-0.05, 0) is 24.6 Å². The Balaban J connectivity index is 3.10. The van der Waals surface area contributed by atoms with Gasteiger partial charge in [0, 0.05) is 0 Å². The van der Waals surface area contributed by atoms with Crippen LogP contribution in [0.15, 0.2) is 18.2 Å². The lowest BCUT2D eigenvalue weighted by Gasteiger charge is -2.11. The molecule has 0 radical (unpaired) electrons. The monoisotopic (exact) mass is 285 g/mol. The van der Waals surface area contributed by atoms with Gasteiger partial charge in [0.15, 0.2) is 0 Å². The minimum atomic E-state index is -4.65. The highest BCUT2D eigenvalue weighted by molar-refractivity contribution is 7.92. The molecule has 0 saturated carbocycles. The first-order chi connectivity index (χ1) is 8.15. The third-order valence-corrected chi connectivity index (χ3v) is 3.51. The number of hydrogen-bond donors (Lipinski definition) is 1. The Morgan fingerprint density at radius 1 is 1.28 bits per heavy atom. The molecule has 1 aromatic rings. The Kier molecular flexibility index (Phi) is 4.20. The van der Waals surface area contributed by atoms with E-state index in [1.807, 2.05) is 0 Å². The minimum absolute atomic E-state index is 0.274. The van der Waals surface area contributed by atoms with Crippen LogP contribution in [0.1, 0.15) is 18.9 Å². The van der Waals surface area contributed by atoms with Gasteiger partial charge in [0.1, 0.15) is 5.82 Å². The predicted molar refractivity (Wildman–Crippen MR) is 59.1 cm³/mol. The van der Waals surface area contributed by atoms with Gasteiger partial charge in [0.05, 0.1) is 17.0 Å². The fourth-order valence-electron chi connectivity index (χ4n) is 1.27. The first-order valence-electron chi connectivity index (χ1n) is 5.03. The molecule has 0 aromatic heterocycles. The van der Waals surface area contributed by atoms with E-state index in [4.69, 9.17) is 0 Å².